The van der Waals surface area contributed by atoms with Crippen molar-refractivity contribution in [1.29, 1.82) is 0 Å². The first-order valence-electron chi connectivity index (χ1n) is 13.6. The zero-order chi connectivity index (χ0) is 29.3. The smallest absolute Gasteiger partial charge is 0.343 e. The molecule has 4 atom stereocenters. The largest absolute Gasteiger partial charge is 0.416 e. The Hall–Kier alpha value is -3.12. The van der Waals surface area contributed by atoms with Crippen molar-refractivity contribution in [2.45, 2.75) is 61.0 Å². The van der Waals surface area contributed by atoms with Gasteiger partial charge >= 0.3 is 6.18 Å². The summed E-state index contributed by atoms with van der Waals surface area (Å²) in [5.41, 5.74) is 8.35. The minimum Gasteiger partial charge on any atom is -0.343 e. The van der Waals surface area contributed by atoms with Gasteiger partial charge in [0.25, 0.3) is 0 Å². The van der Waals surface area contributed by atoms with Crippen LogP contribution in [0.3, 0.4) is 0 Å². The SMILES string of the molecule is [N-]=[N+]=N[C@@H]1CC[C@H](N2CC[C@H](CC3(c4cccc(C(F)(F)F)c4)OCCO3)C2=O)[C@H](CS(=O)(=O)c2ccccc2)C1. The average molecular weight is 593 g/mol. The van der Waals surface area contributed by atoms with E-state index in [2.05, 4.69) is 10.0 Å². The van der Waals surface area contributed by atoms with E-state index in [9.17, 15) is 26.4 Å². The van der Waals surface area contributed by atoms with Crippen molar-refractivity contribution < 1.29 is 35.9 Å². The van der Waals surface area contributed by atoms with Gasteiger partial charge in [0.1, 0.15) is 0 Å². The summed E-state index contributed by atoms with van der Waals surface area (Å²) in [6, 6.07) is 12.1. The Labute approximate surface area is 236 Å². The highest BCUT2D eigenvalue weighted by Gasteiger charge is 2.48. The fraction of sp³-hybridized carbons (Fsp3) is 0.536. The molecule has 0 N–H and O–H groups in total. The summed E-state index contributed by atoms with van der Waals surface area (Å²) in [5, 5.41) is 3.84. The molecule has 1 saturated carbocycles. The number of benzene rings is 2. The number of amides is 1. The zero-order valence-electron chi connectivity index (χ0n) is 22.2. The van der Waals surface area contributed by atoms with Gasteiger partial charge < -0.3 is 14.4 Å². The number of rotatable bonds is 8. The summed E-state index contributed by atoms with van der Waals surface area (Å²) in [4.78, 5) is 18.6. The molecule has 2 heterocycles. The molecule has 0 radical (unpaired) electrons. The molecule has 1 amide bonds. The second-order valence-corrected chi connectivity index (χ2v) is 12.9. The summed E-state index contributed by atoms with van der Waals surface area (Å²) in [5.74, 6) is -2.92. The molecule has 220 valence electrons. The van der Waals surface area contributed by atoms with E-state index in [0.29, 0.717) is 32.2 Å². The van der Waals surface area contributed by atoms with Crippen LogP contribution in [0.5, 0.6) is 0 Å². The molecule has 1 aliphatic carbocycles. The lowest BCUT2D eigenvalue weighted by Gasteiger charge is -2.40. The van der Waals surface area contributed by atoms with E-state index >= 15 is 0 Å². The molecule has 3 aliphatic rings. The number of alkyl halides is 3. The molecule has 0 unspecified atom stereocenters. The van der Waals surface area contributed by atoms with Gasteiger partial charge in [-0.2, -0.15) is 13.2 Å². The number of sulfone groups is 1. The molecule has 2 saturated heterocycles. The van der Waals surface area contributed by atoms with Gasteiger partial charge in [0.15, 0.2) is 15.6 Å². The number of hydrogen-bond donors (Lipinski definition) is 0. The molecule has 0 aromatic heterocycles. The molecule has 2 aliphatic heterocycles. The van der Waals surface area contributed by atoms with Crippen LogP contribution in [-0.2, 0) is 36.1 Å². The number of hydrogen-bond acceptors (Lipinski definition) is 6. The van der Waals surface area contributed by atoms with E-state index in [1.165, 1.54) is 24.3 Å². The van der Waals surface area contributed by atoms with E-state index in [1.807, 2.05) is 0 Å². The lowest BCUT2D eigenvalue weighted by atomic mass is 9.82. The van der Waals surface area contributed by atoms with Crippen LogP contribution in [0.15, 0.2) is 64.6 Å². The predicted molar refractivity (Wildman–Crippen MR) is 142 cm³/mol. The summed E-state index contributed by atoms with van der Waals surface area (Å²) in [7, 11) is -3.68. The summed E-state index contributed by atoms with van der Waals surface area (Å²) >= 11 is 0. The van der Waals surface area contributed by atoms with E-state index in [0.717, 1.165) is 12.1 Å². The number of likely N-dealkylation sites (tertiary alicyclic amines) is 1. The third-order valence-electron chi connectivity index (χ3n) is 8.32. The fourth-order valence-electron chi connectivity index (χ4n) is 6.39. The van der Waals surface area contributed by atoms with Crippen LogP contribution in [-0.4, -0.2) is 56.8 Å². The minimum absolute atomic E-state index is 0.0463. The van der Waals surface area contributed by atoms with Crippen LogP contribution in [0.2, 0.25) is 0 Å². The Kier molecular flexibility index (Phi) is 8.34. The van der Waals surface area contributed by atoms with Crippen LogP contribution in [0.4, 0.5) is 13.2 Å². The molecule has 13 heteroatoms. The number of ether oxygens (including phenoxy) is 2. The molecule has 2 aromatic rings. The maximum absolute atomic E-state index is 13.8. The first-order chi connectivity index (χ1) is 19.5. The maximum atomic E-state index is 13.8. The van der Waals surface area contributed by atoms with Crippen molar-refractivity contribution in [3.63, 3.8) is 0 Å². The van der Waals surface area contributed by atoms with E-state index in [-0.39, 0.29) is 53.8 Å². The fourth-order valence-corrected chi connectivity index (χ4v) is 8.08. The standard InChI is InChI=1S/C28H31F3N4O5S/c29-28(30,31)22-6-4-5-21(16-22)27(39-13-14-40-27)17-19-11-12-35(26(19)36)25-10-9-23(33-34-32)15-20(25)18-41(37,38)24-7-2-1-3-8-24/h1-8,16,19-20,23,25H,9-15,17-18H2/t19-,20+,23-,25+/m1/s1. The minimum atomic E-state index is -4.54. The summed E-state index contributed by atoms with van der Waals surface area (Å²) in [6.07, 6.45) is -2.74. The monoisotopic (exact) mass is 592 g/mol. The lowest BCUT2D eigenvalue weighted by molar-refractivity contribution is -0.182. The first kappa shape index (κ1) is 29.4. The van der Waals surface area contributed by atoms with Crippen molar-refractivity contribution >= 4 is 15.7 Å². The quantitative estimate of drug-likeness (QED) is 0.229. The second-order valence-electron chi connectivity index (χ2n) is 10.8. The topological polar surface area (TPSA) is 122 Å². The van der Waals surface area contributed by atoms with Gasteiger partial charge in [-0.3, -0.25) is 4.79 Å². The van der Waals surface area contributed by atoms with Gasteiger partial charge in [0, 0.05) is 41.4 Å². The average Bonchev–Trinajstić information content (AvgIpc) is 3.57. The van der Waals surface area contributed by atoms with Crippen LogP contribution in [0, 0.1) is 11.8 Å². The predicted octanol–water partition coefficient (Wildman–Crippen LogP) is 5.47. The Bertz CT molecular complexity index is 1410. The molecule has 0 spiro atoms. The lowest BCUT2D eigenvalue weighted by Crippen LogP contribution is -2.48. The van der Waals surface area contributed by atoms with Crippen LogP contribution in [0.25, 0.3) is 10.4 Å². The van der Waals surface area contributed by atoms with Gasteiger partial charge in [-0.05, 0) is 61.4 Å². The molecule has 9 nitrogen and oxygen atoms in total. The van der Waals surface area contributed by atoms with Crippen LogP contribution in [0.1, 0.15) is 43.2 Å². The number of halogens is 3. The van der Waals surface area contributed by atoms with E-state index in [1.54, 1.807) is 23.1 Å². The summed E-state index contributed by atoms with van der Waals surface area (Å²) in [6.45, 7) is 0.744. The number of azide groups is 1. The van der Waals surface area contributed by atoms with E-state index in [4.69, 9.17) is 15.0 Å². The van der Waals surface area contributed by atoms with Crippen LogP contribution >= 0.6 is 0 Å². The Morgan fingerprint density at radius 2 is 1.78 bits per heavy atom. The zero-order valence-corrected chi connectivity index (χ0v) is 23.1. The van der Waals surface area contributed by atoms with Crippen molar-refractivity contribution in [3.05, 3.63) is 76.2 Å². The Balaban J connectivity index is 1.37. The molecule has 5 rings (SSSR count). The molecular formula is C28H31F3N4O5S. The van der Waals surface area contributed by atoms with Crippen molar-refractivity contribution in [1.82, 2.24) is 4.90 Å². The highest BCUT2D eigenvalue weighted by Crippen LogP contribution is 2.43. The number of carbonyl (C=O) groups excluding carboxylic acids is 1. The first-order valence-corrected chi connectivity index (χ1v) is 15.3. The Morgan fingerprint density at radius 1 is 1.05 bits per heavy atom. The van der Waals surface area contributed by atoms with Gasteiger partial charge in [0.05, 0.1) is 29.4 Å². The van der Waals surface area contributed by atoms with Gasteiger partial charge in [-0.15, -0.1) is 0 Å². The molecule has 3 fully saturated rings. The number of nitrogens with zero attached hydrogens (tertiary/aromatic N) is 4. The molecule has 41 heavy (non-hydrogen) atoms. The molecular weight excluding hydrogens is 561 g/mol. The van der Waals surface area contributed by atoms with Crippen molar-refractivity contribution in [3.8, 4) is 0 Å². The number of carbonyl (C=O) groups is 1. The van der Waals surface area contributed by atoms with Crippen LogP contribution < -0.4 is 0 Å². The maximum Gasteiger partial charge on any atom is 0.416 e. The van der Waals surface area contributed by atoms with Crippen molar-refractivity contribution in [2.24, 2.45) is 17.0 Å². The van der Waals surface area contributed by atoms with Gasteiger partial charge in [-0.25, -0.2) is 8.42 Å². The van der Waals surface area contributed by atoms with Gasteiger partial charge in [0.2, 0.25) is 5.91 Å². The van der Waals surface area contributed by atoms with E-state index < -0.39 is 39.2 Å². The highest BCUT2D eigenvalue weighted by atomic mass is 32.2. The Morgan fingerprint density at radius 3 is 2.46 bits per heavy atom. The molecule has 2 aromatic carbocycles. The third-order valence-corrected chi connectivity index (χ3v) is 10.2. The second kappa shape index (κ2) is 11.6. The third kappa shape index (κ3) is 6.23. The molecule has 0 bridgehead atoms. The van der Waals surface area contributed by atoms with Crippen molar-refractivity contribution in [2.75, 3.05) is 25.5 Å². The normalized spacial score (nSPS) is 26.6. The highest BCUT2D eigenvalue weighted by molar-refractivity contribution is 7.91. The van der Waals surface area contributed by atoms with Gasteiger partial charge in [-0.1, -0.05) is 35.4 Å². The summed E-state index contributed by atoms with van der Waals surface area (Å²) < 4.78 is 78.6.